The zero-order valence-corrected chi connectivity index (χ0v) is 33.9. The monoisotopic (exact) mass is 780 g/mol. The maximum atomic E-state index is 13.4. The van der Waals surface area contributed by atoms with Crippen molar-refractivity contribution in [3.63, 3.8) is 0 Å². The number of halogens is 1. The molecule has 1 unspecified atom stereocenters. The van der Waals surface area contributed by atoms with Crippen molar-refractivity contribution >= 4 is 47.2 Å². The average Bonchev–Trinajstić information content (AvgIpc) is 3.61. The van der Waals surface area contributed by atoms with Gasteiger partial charge in [0.05, 0.1) is 31.6 Å². The van der Waals surface area contributed by atoms with Crippen molar-refractivity contribution in [1.82, 2.24) is 9.62 Å². The Morgan fingerprint density at radius 2 is 1.98 bits per heavy atom. The molecule has 4 aliphatic rings. The van der Waals surface area contributed by atoms with Crippen LogP contribution in [0.2, 0.25) is 5.02 Å². The molecule has 2 aromatic carbocycles. The third-order valence-corrected chi connectivity index (χ3v) is 13.0. The smallest absolute Gasteiger partial charge is 0.276 e. The average molecular weight is 781 g/mol. The second-order valence-corrected chi connectivity index (χ2v) is 17.9. The first-order valence-corrected chi connectivity index (χ1v) is 21.1. The molecule has 2 aromatic rings. The van der Waals surface area contributed by atoms with E-state index in [-0.39, 0.29) is 35.9 Å². The van der Waals surface area contributed by atoms with Gasteiger partial charge in [0, 0.05) is 42.1 Å². The Balaban J connectivity index is 1.27. The number of anilines is 1. The topological polar surface area (TPSA) is 116 Å². The molecule has 1 spiro atoms. The van der Waals surface area contributed by atoms with E-state index in [1.54, 1.807) is 33.8 Å². The van der Waals surface area contributed by atoms with E-state index < -0.39 is 22.9 Å². The highest BCUT2D eigenvalue weighted by Gasteiger charge is 2.45. The molecule has 2 amide bonds. The molecule has 0 radical (unpaired) electrons. The van der Waals surface area contributed by atoms with Crippen LogP contribution in [0.25, 0.3) is 0 Å². The summed E-state index contributed by atoms with van der Waals surface area (Å²) < 4.78 is 35.4. The van der Waals surface area contributed by atoms with Crippen LogP contribution < -0.4 is 14.4 Å². The Morgan fingerprint density at radius 1 is 1.19 bits per heavy atom. The number of hydrogen-bond acceptors (Lipinski definition) is 8. The lowest BCUT2D eigenvalue weighted by atomic mass is 9.68. The van der Waals surface area contributed by atoms with E-state index in [2.05, 4.69) is 44.4 Å². The predicted molar refractivity (Wildman–Crippen MR) is 215 cm³/mol. The number of aliphatic imine (C=N–C) groups is 1. The third-order valence-electron chi connectivity index (χ3n) is 11.7. The van der Waals surface area contributed by atoms with Gasteiger partial charge in [0.15, 0.2) is 4.90 Å². The van der Waals surface area contributed by atoms with E-state index in [0.717, 1.165) is 81.3 Å². The molecular weight excluding hydrogens is 724 g/mol. The minimum absolute atomic E-state index is 0.120. The number of nitrogens with zero attached hydrogens (tertiary/aromatic N) is 3. The largest absolute Gasteiger partial charge is 0.588 e. The highest BCUT2D eigenvalue weighted by Crippen LogP contribution is 2.47. The molecule has 2 aliphatic heterocycles. The SMILES string of the molecule is C=NC(=O)C(C)(C)OC/C=C/[C@H](OCCN1CCCC1)[C@@H]1CC[C@H]1CN1C[C@@]2(CCCc3cc(Cl)ccc32)COc2ccc([S+]([O-])NC(=O)C(C)C)cc21. The molecule has 12 heteroatoms. The van der Waals surface area contributed by atoms with Gasteiger partial charge in [-0.05, 0) is 126 Å². The fourth-order valence-electron chi connectivity index (χ4n) is 8.36. The molecule has 1 saturated carbocycles. The van der Waals surface area contributed by atoms with Crippen LogP contribution in [0.5, 0.6) is 5.75 Å². The second-order valence-electron chi connectivity index (χ2n) is 16.2. The maximum Gasteiger partial charge on any atom is 0.276 e. The fourth-order valence-corrected chi connectivity index (χ4v) is 9.50. The van der Waals surface area contributed by atoms with Gasteiger partial charge in [0.1, 0.15) is 22.7 Å². The lowest BCUT2D eigenvalue weighted by Gasteiger charge is -2.46. The van der Waals surface area contributed by atoms with Gasteiger partial charge in [0.2, 0.25) is 0 Å². The summed E-state index contributed by atoms with van der Waals surface area (Å²) in [4.78, 5) is 33.7. The summed E-state index contributed by atoms with van der Waals surface area (Å²) in [5.74, 6) is 0.405. The molecule has 1 N–H and O–H groups in total. The lowest BCUT2D eigenvalue weighted by molar-refractivity contribution is -0.137. The standard InChI is InChI=1S/C42H57ClN4O6S/c1-29(2)39(48)45-54(50)33-14-17-38-36(25-33)47(27-42(28-52-38)18-8-10-30-24-32(43)13-16-35(30)42)26-31-12-15-34(31)37(51-23-21-46-19-6-7-20-46)11-9-22-53-41(3,4)40(49)44-5/h9,11,13-14,16-17,24-25,29,31,34,37H,5-8,10,12,15,18-23,26-28H2,1-4H3,(H,45,48)/b11-9+/t31-,34+,37-,42-,54?/m0/s1. The zero-order chi connectivity index (χ0) is 38.5. The maximum absolute atomic E-state index is 13.4. The summed E-state index contributed by atoms with van der Waals surface area (Å²) in [6, 6.07) is 11.9. The summed E-state index contributed by atoms with van der Waals surface area (Å²) in [7, 11) is 0. The van der Waals surface area contributed by atoms with Crippen LogP contribution >= 0.6 is 11.6 Å². The number of likely N-dealkylation sites (tertiary alicyclic amines) is 1. The number of rotatable bonds is 15. The third kappa shape index (κ3) is 9.53. The van der Waals surface area contributed by atoms with Crippen LogP contribution in [0.15, 0.2) is 58.4 Å². The van der Waals surface area contributed by atoms with Crippen LogP contribution in [-0.4, -0.2) is 92.2 Å². The normalized spacial score (nSPS) is 24.0. The first-order chi connectivity index (χ1) is 25.9. The number of amides is 2. The van der Waals surface area contributed by atoms with Gasteiger partial charge in [-0.1, -0.05) is 43.7 Å². The van der Waals surface area contributed by atoms with Crippen molar-refractivity contribution in [2.75, 3.05) is 57.4 Å². The Hall–Kier alpha value is -2.93. The van der Waals surface area contributed by atoms with Gasteiger partial charge in [-0.2, -0.15) is 4.72 Å². The lowest BCUT2D eigenvalue weighted by Crippen LogP contribution is -2.49. The van der Waals surface area contributed by atoms with Crippen LogP contribution in [-0.2, 0) is 42.3 Å². The number of ether oxygens (including phenoxy) is 3. The molecular formula is C42H57ClN4O6S. The number of fused-ring (bicyclic) bond motifs is 3. The van der Waals surface area contributed by atoms with E-state index >= 15 is 0 Å². The highest BCUT2D eigenvalue weighted by molar-refractivity contribution is 7.90. The first-order valence-electron chi connectivity index (χ1n) is 19.6. The van der Waals surface area contributed by atoms with E-state index in [4.69, 9.17) is 25.8 Å². The Morgan fingerprint density at radius 3 is 2.70 bits per heavy atom. The summed E-state index contributed by atoms with van der Waals surface area (Å²) in [5, 5.41) is 0.745. The zero-order valence-electron chi connectivity index (χ0n) is 32.3. The Bertz CT molecular complexity index is 1680. The van der Waals surface area contributed by atoms with E-state index in [1.165, 1.54) is 24.0 Å². The Kier molecular flexibility index (Phi) is 13.5. The fraction of sp³-hybridized carbons (Fsp3) is 0.595. The summed E-state index contributed by atoms with van der Waals surface area (Å²) in [6.07, 6.45) is 11.5. The van der Waals surface area contributed by atoms with Crippen LogP contribution in [0.3, 0.4) is 0 Å². The molecule has 10 nitrogen and oxygen atoms in total. The molecule has 2 aliphatic carbocycles. The first kappa shape index (κ1) is 40.7. The molecule has 6 rings (SSSR count). The quantitative estimate of drug-likeness (QED) is 0.121. The van der Waals surface area contributed by atoms with Gasteiger partial charge < -0.3 is 28.6 Å². The minimum atomic E-state index is -1.71. The minimum Gasteiger partial charge on any atom is -0.588 e. The van der Waals surface area contributed by atoms with Crippen LogP contribution in [0.4, 0.5) is 5.69 Å². The summed E-state index contributed by atoms with van der Waals surface area (Å²) in [6.45, 7) is 16.4. The van der Waals surface area contributed by atoms with Crippen molar-refractivity contribution < 1.29 is 28.4 Å². The summed E-state index contributed by atoms with van der Waals surface area (Å²) >= 11 is 4.78. The van der Waals surface area contributed by atoms with Gasteiger partial charge in [-0.25, -0.2) is 4.99 Å². The van der Waals surface area contributed by atoms with E-state index in [0.29, 0.717) is 24.0 Å². The van der Waals surface area contributed by atoms with Crippen molar-refractivity contribution in [2.45, 2.75) is 94.7 Å². The number of carbonyl (C=O) groups excluding carboxylic acids is 2. The van der Waals surface area contributed by atoms with Crippen molar-refractivity contribution in [2.24, 2.45) is 22.7 Å². The van der Waals surface area contributed by atoms with Crippen LogP contribution in [0, 0.1) is 17.8 Å². The number of carbonyl (C=O) groups is 2. The molecule has 2 heterocycles. The molecule has 0 bridgehead atoms. The molecule has 54 heavy (non-hydrogen) atoms. The van der Waals surface area contributed by atoms with E-state index in [1.807, 2.05) is 24.3 Å². The van der Waals surface area contributed by atoms with Crippen molar-refractivity contribution in [3.05, 3.63) is 64.7 Å². The molecule has 2 fully saturated rings. The number of aryl methyl sites for hydroxylation is 1. The summed E-state index contributed by atoms with van der Waals surface area (Å²) in [5.41, 5.74) is 2.14. The van der Waals surface area contributed by atoms with Crippen molar-refractivity contribution in [3.8, 4) is 5.75 Å². The van der Waals surface area contributed by atoms with Gasteiger partial charge in [-0.15, -0.1) is 0 Å². The highest BCUT2D eigenvalue weighted by atomic mass is 35.5. The van der Waals surface area contributed by atoms with Gasteiger partial charge >= 0.3 is 0 Å². The van der Waals surface area contributed by atoms with E-state index in [9.17, 15) is 14.1 Å². The molecule has 0 aromatic heterocycles. The number of hydrogen-bond donors (Lipinski definition) is 1. The Labute approximate surface area is 329 Å². The molecule has 294 valence electrons. The molecule has 5 atom stereocenters. The number of benzene rings is 2. The van der Waals surface area contributed by atoms with Crippen molar-refractivity contribution in [1.29, 1.82) is 0 Å². The predicted octanol–water partition coefficient (Wildman–Crippen LogP) is 6.69. The number of nitrogens with one attached hydrogen (secondary N) is 1. The second kappa shape index (κ2) is 17.9. The van der Waals surface area contributed by atoms with Gasteiger partial charge in [-0.3, -0.25) is 9.59 Å². The van der Waals surface area contributed by atoms with Crippen LogP contribution in [0.1, 0.15) is 77.3 Å². The molecule has 1 saturated heterocycles. The van der Waals surface area contributed by atoms with Gasteiger partial charge in [0.25, 0.3) is 11.8 Å².